The van der Waals surface area contributed by atoms with E-state index in [0.717, 1.165) is 47.3 Å². The molecule has 3 heteroatoms. The maximum absolute atomic E-state index is 12.7. The third-order valence-electron chi connectivity index (χ3n) is 4.26. The summed E-state index contributed by atoms with van der Waals surface area (Å²) in [5, 5.41) is 0. The number of hydrogen-bond acceptors (Lipinski definition) is 2. The highest BCUT2D eigenvalue weighted by atomic mass is 16.2. The van der Waals surface area contributed by atoms with Crippen molar-refractivity contribution in [3.63, 3.8) is 0 Å². The Morgan fingerprint density at radius 1 is 1.14 bits per heavy atom. The zero-order chi connectivity index (χ0) is 14.8. The van der Waals surface area contributed by atoms with Crippen molar-refractivity contribution in [3.8, 4) is 0 Å². The third kappa shape index (κ3) is 2.64. The molecular formula is C18H20N2O. The second-order valence-electron chi connectivity index (χ2n) is 5.62. The Morgan fingerprint density at radius 2 is 1.95 bits per heavy atom. The van der Waals surface area contributed by atoms with Crippen LogP contribution in [0.25, 0.3) is 0 Å². The number of carbonyl (C=O) groups is 1. The highest BCUT2D eigenvalue weighted by molar-refractivity contribution is 5.96. The van der Waals surface area contributed by atoms with Gasteiger partial charge in [0.15, 0.2) is 0 Å². The Morgan fingerprint density at radius 3 is 2.81 bits per heavy atom. The zero-order valence-corrected chi connectivity index (χ0v) is 12.3. The van der Waals surface area contributed by atoms with E-state index in [9.17, 15) is 4.79 Å². The zero-order valence-electron chi connectivity index (χ0n) is 12.3. The minimum atomic E-state index is 0.130. The molecule has 2 aromatic rings. The minimum absolute atomic E-state index is 0.130. The van der Waals surface area contributed by atoms with Gasteiger partial charge in [-0.25, -0.2) is 0 Å². The molecule has 0 unspecified atom stereocenters. The summed E-state index contributed by atoms with van der Waals surface area (Å²) in [4.78, 5) is 14.7. The highest BCUT2D eigenvalue weighted by Crippen LogP contribution is 2.22. The average Bonchev–Trinajstić information content (AvgIpc) is 2.65. The molecule has 1 amide bonds. The third-order valence-corrected chi connectivity index (χ3v) is 4.26. The first-order valence-corrected chi connectivity index (χ1v) is 7.38. The van der Waals surface area contributed by atoms with Gasteiger partial charge < -0.3 is 10.6 Å². The van der Waals surface area contributed by atoms with E-state index < -0.39 is 0 Å². The number of fused-ring (bicyclic) bond motifs is 1. The number of nitrogen functional groups attached to an aromatic ring is 1. The number of anilines is 1. The lowest BCUT2D eigenvalue weighted by Crippen LogP contribution is -2.30. The summed E-state index contributed by atoms with van der Waals surface area (Å²) in [5.74, 6) is 0.130. The lowest BCUT2D eigenvalue weighted by Gasteiger charge is -2.22. The number of amides is 1. The highest BCUT2D eigenvalue weighted by Gasteiger charge is 2.22. The summed E-state index contributed by atoms with van der Waals surface area (Å²) in [6, 6.07) is 13.8. The van der Waals surface area contributed by atoms with Crippen molar-refractivity contribution in [3.05, 3.63) is 64.7 Å². The lowest BCUT2D eigenvalue weighted by atomic mass is 10.0. The van der Waals surface area contributed by atoms with Gasteiger partial charge in [-0.3, -0.25) is 4.79 Å². The van der Waals surface area contributed by atoms with Crippen LogP contribution < -0.4 is 5.73 Å². The SMILES string of the molecule is Cc1c(N)cccc1CN1CCCc2ccccc2C1=O. The number of hydrogen-bond donors (Lipinski definition) is 1. The van der Waals surface area contributed by atoms with Crippen molar-refractivity contribution in [1.82, 2.24) is 4.90 Å². The first-order valence-electron chi connectivity index (χ1n) is 7.38. The van der Waals surface area contributed by atoms with E-state index in [1.807, 2.05) is 42.2 Å². The molecule has 21 heavy (non-hydrogen) atoms. The van der Waals surface area contributed by atoms with Crippen LogP contribution in [-0.4, -0.2) is 17.4 Å². The molecule has 0 saturated carbocycles. The van der Waals surface area contributed by atoms with Gasteiger partial charge in [0.2, 0.25) is 0 Å². The van der Waals surface area contributed by atoms with Gasteiger partial charge in [-0.05, 0) is 48.6 Å². The molecule has 108 valence electrons. The Labute approximate surface area is 125 Å². The first-order chi connectivity index (χ1) is 10.2. The molecule has 0 atom stereocenters. The van der Waals surface area contributed by atoms with Crippen LogP contribution in [0.3, 0.4) is 0 Å². The largest absolute Gasteiger partial charge is 0.399 e. The van der Waals surface area contributed by atoms with Crippen LogP contribution in [0.5, 0.6) is 0 Å². The van der Waals surface area contributed by atoms with Crippen molar-refractivity contribution in [2.24, 2.45) is 0 Å². The van der Waals surface area contributed by atoms with Gasteiger partial charge in [-0.1, -0.05) is 30.3 Å². The van der Waals surface area contributed by atoms with Crippen LogP contribution in [0.4, 0.5) is 5.69 Å². The Hall–Kier alpha value is -2.29. The van der Waals surface area contributed by atoms with Crippen molar-refractivity contribution >= 4 is 11.6 Å². The number of nitrogens with two attached hydrogens (primary N) is 1. The van der Waals surface area contributed by atoms with Gasteiger partial charge >= 0.3 is 0 Å². The molecule has 1 heterocycles. The molecule has 1 aliphatic rings. The summed E-state index contributed by atoms with van der Waals surface area (Å²) in [7, 11) is 0. The molecule has 3 rings (SSSR count). The molecule has 2 N–H and O–H groups in total. The molecule has 0 aromatic heterocycles. The van der Waals surface area contributed by atoms with Crippen molar-refractivity contribution in [2.45, 2.75) is 26.3 Å². The monoisotopic (exact) mass is 280 g/mol. The van der Waals surface area contributed by atoms with Crippen LogP contribution in [0.15, 0.2) is 42.5 Å². The first kappa shape index (κ1) is 13.7. The van der Waals surface area contributed by atoms with Crippen LogP contribution in [0.1, 0.15) is 33.5 Å². The van der Waals surface area contributed by atoms with E-state index >= 15 is 0 Å². The Bertz CT molecular complexity index is 679. The topological polar surface area (TPSA) is 46.3 Å². The van der Waals surface area contributed by atoms with Crippen LogP contribution in [0.2, 0.25) is 0 Å². The summed E-state index contributed by atoms with van der Waals surface area (Å²) in [6.07, 6.45) is 1.97. The summed E-state index contributed by atoms with van der Waals surface area (Å²) >= 11 is 0. The molecule has 0 radical (unpaired) electrons. The van der Waals surface area contributed by atoms with E-state index in [4.69, 9.17) is 5.73 Å². The van der Waals surface area contributed by atoms with E-state index in [1.54, 1.807) is 0 Å². The van der Waals surface area contributed by atoms with Crippen LogP contribution >= 0.6 is 0 Å². The maximum atomic E-state index is 12.7. The number of rotatable bonds is 2. The molecular weight excluding hydrogens is 260 g/mol. The molecule has 0 spiro atoms. The predicted octanol–water partition coefficient (Wildman–Crippen LogP) is 3.17. The molecule has 1 aliphatic heterocycles. The molecule has 0 fully saturated rings. The van der Waals surface area contributed by atoms with Gasteiger partial charge in [0, 0.05) is 24.3 Å². The molecule has 2 aromatic carbocycles. The quantitative estimate of drug-likeness (QED) is 0.859. The molecule has 0 bridgehead atoms. The van der Waals surface area contributed by atoms with Gasteiger partial charge in [0.05, 0.1) is 0 Å². The molecule has 3 nitrogen and oxygen atoms in total. The molecule has 0 aliphatic carbocycles. The lowest BCUT2D eigenvalue weighted by molar-refractivity contribution is 0.0748. The Kier molecular flexibility index (Phi) is 3.65. The predicted molar refractivity (Wildman–Crippen MR) is 85.1 cm³/mol. The fraction of sp³-hybridized carbons (Fsp3) is 0.278. The molecule has 0 saturated heterocycles. The maximum Gasteiger partial charge on any atom is 0.254 e. The number of benzene rings is 2. The second-order valence-corrected chi connectivity index (χ2v) is 5.62. The van der Waals surface area contributed by atoms with Gasteiger partial charge in [0.1, 0.15) is 0 Å². The Balaban J connectivity index is 1.90. The van der Waals surface area contributed by atoms with E-state index in [1.165, 1.54) is 0 Å². The minimum Gasteiger partial charge on any atom is -0.399 e. The van der Waals surface area contributed by atoms with Crippen molar-refractivity contribution in [1.29, 1.82) is 0 Å². The van der Waals surface area contributed by atoms with Gasteiger partial charge in [-0.15, -0.1) is 0 Å². The van der Waals surface area contributed by atoms with Crippen molar-refractivity contribution in [2.75, 3.05) is 12.3 Å². The van der Waals surface area contributed by atoms with E-state index in [0.29, 0.717) is 6.54 Å². The summed E-state index contributed by atoms with van der Waals surface area (Å²) < 4.78 is 0. The normalized spacial score (nSPS) is 14.7. The average molecular weight is 280 g/mol. The summed E-state index contributed by atoms with van der Waals surface area (Å²) in [5.41, 5.74) is 11.0. The smallest absolute Gasteiger partial charge is 0.254 e. The van der Waals surface area contributed by atoms with Gasteiger partial charge in [0.25, 0.3) is 5.91 Å². The number of aryl methyl sites for hydroxylation is 1. The van der Waals surface area contributed by atoms with Crippen LogP contribution in [-0.2, 0) is 13.0 Å². The number of carbonyl (C=O) groups excluding carboxylic acids is 1. The van der Waals surface area contributed by atoms with Gasteiger partial charge in [-0.2, -0.15) is 0 Å². The standard InChI is InChI=1S/C18H20N2O/c1-13-15(7-4-10-17(13)19)12-20-11-5-8-14-6-2-3-9-16(14)18(20)21/h2-4,6-7,9-10H,5,8,11-12,19H2,1H3. The van der Waals surface area contributed by atoms with E-state index in [2.05, 4.69) is 12.1 Å². The summed E-state index contributed by atoms with van der Waals surface area (Å²) in [6.45, 7) is 3.44. The fourth-order valence-corrected chi connectivity index (χ4v) is 2.91. The number of nitrogens with zero attached hydrogens (tertiary/aromatic N) is 1. The van der Waals surface area contributed by atoms with E-state index in [-0.39, 0.29) is 5.91 Å². The second kappa shape index (κ2) is 5.60. The fourth-order valence-electron chi connectivity index (χ4n) is 2.91. The van der Waals surface area contributed by atoms with Crippen molar-refractivity contribution < 1.29 is 4.79 Å². The van der Waals surface area contributed by atoms with Crippen LogP contribution in [0, 0.1) is 6.92 Å².